The molecule has 176 valence electrons. The number of nitrogens with zero attached hydrogens (tertiary/aromatic N) is 2. The summed E-state index contributed by atoms with van der Waals surface area (Å²) in [6.45, 7) is 3.09. The summed E-state index contributed by atoms with van der Waals surface area (Å²) in [6.07, 6.45) is 25.5. The second kappa shape index (κ2) is 15.0. The highest BCUT2D eigenvalue weighted by atomic mass is 16.5. The number of aryl methyl sites for hydroxylation is 1. The van der Waals surface area contributed by atoms with Gasteiger partial charge < -0.3 is 4.74 Å². The van der Waals surface area contributed by atoms with Crippen molar-refractivity contribution in [2.45, 2.75) is 110 Å². The molecule has 0 bridgehead atoms. The fraction of sp³-hybridized carbons (Fsp3) is 0.655. The fourth-order valence-electron chi connectivity index (χ4n) is 4.28. The molecule has 3 nitrogen and oxygen atoms in total. The second-order valence-electron chi connectivity index (χ2n) is 9.66. The van der Waals surface area contributed by atoms with Gasteiger partial charge in [0, 0.05) is 18.0 Å². The second-order valence-corrected chi connectivity index (χ2v) is 9.66. The quantitative estimate of drug-likeness (QED) is 0.219. The predicted octanol–water partition coefficient (Wildman–Crippen LogP) is 8.57. The Hall–Kier alpha value is -1.90. The van der Waals surface area contributed by atoms with E-state index in [0.29, 0.717) is 0 Å². The maximum absolute atomic E-state index is 5.91. The molecule has 1 saturated carbocycles. The van der Waals surface area contributed by atoms with Crippen molar-refractivity contribution in [3.8, 4) is 17.1 Å². The van der Waals surface area contributed by atoms with Crippen molar-refractivity contribution in [2.24, 2.45) is 5.92 Å². The van der Waals surface area contributed by atoms with Gasteiger partial charge in [0.25, 0.3) is 0 Å². The van der Waals surface area contributed by atoms with E-state index in [-0.39, 0.29) is 0 Å². The van der Waals surface area contributed by atoms with Gasteiger partial charge in [0.1, 0.15) is 5.75 Å². The van der Waals surface area contributed by atoms with E-state index >= 15 is 0 Å². The lowest BCUT2D eigenvalue weighted by atomic mass is 10.1. The highest BCUT2D eigenvalue weighted by molar-refractivity contribution is 5.55. The lowest BCUT2D eigenvalue weighted by Crippen LogP contribution is -1.97. The molecule has 2 aromatic rings. The van der Waals surface area contributed by atoms with Crippen LogP contribution in [0.2, 0.25) is 0 Å². The molecule has 1 aromatic carbocycles. The molecule has 3 heteroatoms. The van der Waals surface area contributed by atoms with Crippen LogP contribution in [0.15, 0.2) is 36.7 Å². The first-order valence-corrected chi connectivity index (χ1v) is 13.4. The Morgan fingerprint density at radius 3 is 2.06 bits per heavy atom. The minimum absolute atomic E-state index is 0.798. The van der Waals surface area contributed by atoms with Crippen LogP contribution in [0.1, 0.15) is 109 Å². The molecule has 1 fully saturated rings. The van der Waals surface area contributed by atoms with Gasteiger partial charge in [0.05, 0.1) is 6.61 Å². The van der Waals surface area contributed by atoms with Crippen LogP contribution in [0.4, 0.5) is 0 Å². The standard InChI is InChI=1S/C29H44N2O/c1-2-3-4-5-6-7-8-12-15-26-23-30-29(31-24-26)27-18-20-28(21-19-27)32-22-13-10-9-11-14-25-16-17-25/h18-21,23-25H,2-17,22H2,1H3. The number of hydrogen-bond donors (Lipinski definition) is 0. The largest absolute Gasteiger partial charge is 0.494 e. The topological polar surface area (TPSA) is 35.0 Å². The average molecular weight is 437 g/mol. The van der Waals surface area contributed by atoms with E-state index in [0.717, 1.165) is 42.5 Å². The van der Waals surface area contributed by atoms with E-state index in [1.54, 1.807) is 0 Å². The number of benzene rings is 1. The summed E-state index contributed by atoms with van der Waals surface area (Å²) in [7, 11) is 0. The number of ether oxygens (including phenoxy) is 1. The molecule has 0 radical (unpaired) electrons. The Morgan fingerprint density at radius 1 is 0.750 bits per heavy atom. The van der Waals surface area contributed by atoms with Crippen LogP contribution in [0, 0.1) is 5.92 Å². The Labute approximate surface area is 196 Å². The first kappa shape index (κ1) is 24.7. The molecule has 0 atom stereocenters. The van der Waals surface area contributed by atoms with Crippen LogP contribution >= 0.6 is 0 Å². The van der Waals surface area contributed by atoms with Crippen molar-refractivity contribution in [1.82, 2.24) is 9.97 Å². The minimum Gasteiger partial charge on any atom is -0.494 e. The van der Waals surface area contributed by atoms with Crippen LogP contribution in [0.5, 0.6) is 5.75 Å². The lowest BCUT2D eigenvalue weighted by molar-refractivity contribution is 0.304. The van der Waals surface area contributed by atoms with Crippen LogP contribution in [-0.4, -0.2) is 16.6 Å². The van der Waals surface area contributed by atoms with Gasteiger partial charge >= 0.3 is 0 Å². The zero-order valence-corrected chi connectivity index (χ0v) is 20.4. The van der Waals surface area contributed by atoms with Crippen LogP contribution in [0.25, 0.3) is 11.4 Å². The number of aromatic nitrogens is 2. The molecule has 0 saturated heterocycles. The van der Waals surface area contributed by atoms with Crippen LogP contribution in [0.3, 0.4) is 0 Å². The van der Waals surface area contributed by atoms with Gasteiger partial charge in [0.2, 0.25) is 0 Å². The fourth-order valence-corrected chi connectivity index (χ4v) is 4.28. The first-order chi connectivity index (χ1) is 15.8. The Morgan fingerprint density at radius 2 is 1.38 bits per heavy atom. The maximum atomic E-state index is 5.91. The van der Waals surface area contributed by atoms with E-state index < -0.39 is 0 Å². The third-order valence-electron chi connectivity index (χ3n) is 6.61. The van der Waals surface area contributed by atoms with E-state index in [4.69, 9.17) is 4.74 Å². The van der Waals surface area contributed by atoms with Crippen LogP contribution < -0.4 is 4.74 Å². The molecule has 0 aliphatic heterocycles. The Balaban J connectivity index is 1.27. The van der Waals surface area contributed by atoms with E-state index in [2.05, 4.69) is 29.0 Å². The molecule has 0 N–H and O–H groups in total. The van der Waals surface area contributed by atoms with Gasteiger partial charge in [-0.15, -0.1) is 0 Å². The average Bonchev–Trinajstić information content (AvgIpc) is 3.65. The van der Waals surface area contributed by atoms with Crippen molar-refractivity contribution in [2.75, 3.05) is 6.61 Å². The summed E-state index contributed by atoms with van der Waals surface area (Å²) in [5.41, 5.74) is 2.30. The third kappa shape index (κ3) is 10.1. The smallest absolute Gasteiger partial charge is 0.159 e. The molecule has 1 aliphatic carbocycles. The molecule has 0 amide bonds. The van der Waals surface area contributed by atoms with Crippen molar-refractivity contribution < 1.29 is 4.74 Å². The summed E-state index contributed by atoms with van der Waals surface area (Å²) in [6, 6.07) is 8.22. The van der Waals surface area contributed by atoms with Gasteiger partial charge in [-0.25, -0.2) is 9.97 Å². The Kier molecular flexibility index (Phi) is 11.6. The first-order valence-electron chi connectivity index (χ1n) is 13.4. The zero-order valence-electron chi connectivity index (χ0n) is 20.4. The summed E-state index contributed by atoms with van der Waals surface area (Å²) in [4.78, 5) is 9.19. The molecule has 3 rings (SSSR count). The molecule has 32 heavy (non-hydrogen) atoms. The monoisotopic (exact) mass is 436 g/mol. The van der Waals surface area contributed by atoms with Crippen molar-refractivity contribution in [3.05, 3.63) is 42.2 Å². The van der Waals surface area contributed by atoms with Gasteiger partial charge in [0.15, 0.2) is 5.82 Å². The highest BCUT2D eigenvalue weighted by Crippen LogP contribution is 2.34. The van der Waals surface area contributed by atoms with Gasteiger partial charge in [-0.3, -0.25) is 0 Å². The number of hydrogen-bond acceptors (Lipinski definition) is 3. The predicted molar refractivity (Wildman–Crippen MR) is 135 cm³/mol. The van der Waals surface area contributed by atoms with Crippen molar-refractivity contribution in [3.63, 3.8) is 0 Å². The lowest BCUT2D eigenvalue weighted by Gasteiger charge is -2.07. The molecule has 1 heterocycles. The van der Waals surface area contributed by atoms with E-state index in [1.165, 1.54) is 95.5 Å². The van der Waals surface area contributed by atoms with Crippen molar-refractivity contribution in [1.29, 1.82) is 0 Å². The maximum Gasteiger partial charge on any atom is 0.159 e. The van der Waals surface area contributed by atoms with Crippen molar-refractivity contribution >= 4 is 0 Å². The number of rotatable bonds is 18. The summed E-state index contributed by atoms with van der Waals surface area (Å²) in [5.74, 6) is 2.81. The zero-order chi connectivity index (χ0) is 22.3. The van der Waals surface area contributed by atoms with E-state index in [1.807, 2.05) is 24.5 Å². The van der Waals surface area contributed by atoms with Gasteiger partial charge in [-0.05, 0) is 55.0 Å². The SMILES string of the molecule is CCCCCCCCCCc1cnc(-c2ccc(OCCCCCCC3CC3)cc2)nc1. The molecular formula is C29H44N2O. The highest BCUT2D eigenvalue weighted by Gasteiger charge is 2.19. The summed E-state index contributed by atoms with van der Waals surface area (Å²) in [5, 5.41) is 0. The third-order valence-corrected chi connectivity index (χ3v) is 6.61. The van der Waals surface area contributed by atoms with E-state index in [9.17, 15) is 0 Å². The van der Waals surface area contributed by atoms with Gasteiger partial charge in [-0.1, -0.05) is 90.4 Å². The van der Waals surface area contributed by atoms with Gasteiger partial charge in [-0.2, -0.15) is 0 Å². The molecule has 0 spiro atoms. The number of unbranched alkanes of at least 4 members (excludes halogenated alkanes) is 10. The summed E-state index contributed by atoms with van der Waals surface area (Å²) >= 11 is 0. The molecule has 1 aliphatic rings. The summed E-state index contributed by atoms with van der Waals surface area (Å²) < 4.78 is 5.91. The molecule has 0 unspecified atom stereocenters. The molecular weight excluding hydrogens is 392 g/mol. The normalized spacial score (nSPS) is 13.4. The molecule has 1 aromatic heterocycles. The minimum atomic E-state index is 0.798. The Bertz CT molecular complexity index is 722. The van der Waals surface area contributed by atoms with Crippen LogP contribution in [-0.2, 0) is 6.42 Å².